The Morgan fingerprint density at radius 1 is 0.920 bits per heavy atom. The van der Waals surface area contributed by atoms with Gasteiger partial charge >= 0.3 is 0 Å². The molecule has 0 aromatic heterocycles. The summed E-state index contributed by atoms with van der Waals surface area (Å²) < 4.78 is 5.87. The Labute approximate surface area is 154 Å². The lowest BCUT2D eigenvalue weighted by Crippen LogP contribution is -2.13. The van der Waals surface area contributed by atoms with Crippen LogP contribution in [0.3, 0.4) is 0 Å². The van der Waals surface area contributed by atoms with Crippen LogP contribution in [0.5, 0.6) is 0 Å². The summed E-state index contributed by atoms with van der Waals surface area (Å²) in [6.45, 7) is 4.00. The molecule has 1 atom stereocenters. The van der Waals surface area contributed by atoms with E-state index in [1.165, 1.54) is 69.8 Å². The summed E-state index contributed by atoms with van der Waals surface area (Å²) in [5.41, 5.74) is 2.97. The highest BCUT2D eigenvalue weighted by Crippen LogP contribution is 2.33. The van der Waals surface area contributed by atoms with Gasteiger partial charge in [-0.05, 0) is 54.6 Å². The first-order valence-corrected chi connectivity index (χ1v) is 10.7. The van der Waals surface area contributed by atoms with Crippen molar-refractivity contribution in [3.63, 3.8) is 0 Å². The lowest BCUT2D eigenvalue weighted by Gasteiger charge is -2.22. The lowest BCUT2D eigenvalue weighted by atomic mass is 9.83. The van der Waals surface area contributed by atoms with Gasteiger partial charge < -0.3 is 4.74 Å². The van der Waals surface area contributed by atoms with Crippen LogP contribution in [0.25, 0.3) is 0 Å². The summed E-state index contributed by atoms with van der Waals surface area (Å²) in [6, 6.07) is 9.41. The quantitative estimate of drug-likeness (QED) is 0.384. The minimum absolute atomic E-state index is 0.471. The van der Waals surface area contributed by atoms with Crippen molar-refractivity contribution < 1.29 is 4.74 Å². The molecule has 1 aromatic carbocycles. The van der Waals surface area contributed by atoms with E-state index in [4.69, 9.17) is 4.74 Å². The van der Waals surface area contributed by atoms with E-state index < -0.39 is 0 Å². The van der Waals surface area contributed by atoms with Crippen LogP contribution < -0.4 is 0 Å². The van der Waals surface area contributed by atoms with Gasteiger partial charge in [0, 0.05) is 6.61 Å². The lowest BCUT2D eigenvalue weighted by molar-refractivity contribution is 0.105. The zero-order chi connectivity index (χ0) is 17.3. The minimum atomic E-state index is 0.471. The summed E-state index contributed by atoms with van der Waals surface area (Å²) in [5.74, 6) is 2.09. The van der Waals surface area contributed by atoms with E-state index in [0.717, 1.165) is 25.0 Å². The van der Waals surface area contributed by atoms with Gasteiger partial charge in [-0.1, -0.05) is 81.9 Å². The third-order valence-corrected chi connectivity index (χ3v) is 6.26. The number of hydrogen-bond acceptors (Lipinski definition) is 1. The van der Waals surface area contributed by atoms with Crippen molar-refractivity contribution in [2.75, 3.05) is 13.2 Å². The van der Waals surface area contributed by atoms with Crippen molar-refractivity contribution in [1.82, 2.24) is 0 Å². The third-order valence-electron chi connectivity index (χ3n) is 6.26. The fourth-order valence-corrected chi connectivity index (χ4v) is 4.54. The fraction of sp³-hybridized carbons (Fsp3) is 0.667. The Morgan fingerprint density at radius 2 is 1.56 bits per heavy atom. The van der Waals surface area contributed by atoms with Crippen molar-refractivity contribution in [3.8, 4) is 0 Å². The molecule has 1 nitrogen and oxygen atoms in total. The van der Waals surface area contributed by atoms with Gasteiger partial charge in [0.25, 0.3) is 0 Å². The van der Waals surface area contributed by atoms with Crippen LogP contribution in [0.1, 0.15) is 94.1 Å². The third kappa shape index (κ3) is 5.99. The largest absolute Gasteiger partial charge is 0.377 e. The van der Waals surface area contributed by atoms with E-state index in [-0.39, 0.29) is 0 Å². The molecular formula is C24H36O. The van der Waals surface area contributed by atoms with Gasteiger partial charge in [-0.3, -0.25) is 0 Å². The first kappa shape index (κ1) is 18.7. The van der Waals surface area contributed by atoms with Crippen LogP contribution in [-0.4, -0.2) is 13.2 Å². The molecule has 0 aliphatic heterocycles. The smallest absolute Gasteiger partial charge is 0.0647 e. The van der Waals surface area contributed by atoms with E-state index in [1.54, 1.807) is 5.56 Å². The van der Waals surface area contributed by atoms with Crippen LogP contribution in [0, 0.1) is 5.92 Å². The van der Waals surface area contributed by atoms with Crippen LogP contribution in [-0.2, 0) is 4.74 Å². The summed E-state index contributed by atoms with van der Waals surface area (Å²) in [5, 5.41) is 0. The van der Waals surface area contributed by atoms with Crippen molar-refractivity contribution >= 4 is 0 Å². The highest BCUT2D eigenvalue weighted by molar-refractivity contribution is 5.29. The number of ether oxygens (including phenoxy) is 1. The molecule has 0 heterocycles. The molecule has 1 aromatic rings. The highest BCUT2D eigenvalue weighted by atomic mass is 16.5. The van der Waals surface area contributed by atoms with Crippen molar-refractivity contribution in [2.45, 2.75) is 83.0 Å². The molecule has 1 unspecified atom stereocenters. The molecular weight excluding hydrogens is 304 g/mol. The number of allylic oxidation sites excluding steroid dienone is 1. The Bertz CT molecular complexity index is 503. The zero-order valence-electron chi connectivity index (χ0n) is 16.1. The van der Waals surface area contributed by atoms with Gasteiger partial charge in [0.2, 0.25) is 0 Å². The van der Waals surface area contributed by atoms with Crippen molar-refractivity contribution in [1.29, 1.82) is 0 Å². The zero-order valence-corrected chi connectivity index (χ0v) is 16.1. The molecule has 1 heteroatoms. The maximum absolute atomic E-state index is 5.87. The Balaban J connectivity index is 1.40. The Hall–Kier alpha value is -1.08. The Kier molecular flexibility index (Phi) is 7.60. The minimum Gasteiger partial charge on any atom is -0.377 e. The standard InChI is InChI=1S/C24H36O/c1-20(9-8-18-25-19-21-10-4-2-5-11-21)22-14-16-24(17-15-22)23-12-6-3-7-13-23/h8-9,14-17,20-21,23H,2-7,10-13,18-19H2,1H3/b9-8-. The maximum atomic E-state index is 5.87. The molecule has 2 aliphatic carbocycles. The molecule has 3 rings (SSSR count). The predicted octanol–water partition coefficient (Wildman–Crippen LogP) is 6.99. The van der Waals surface area contributed by atoms with Gasteiger partial charge in [-0.25, -0.2) is 0 Å². The normalized spacial score (nSPS) is 21.6. The molecule has 2 fully saturated rings. The van der Waals surface area contributed by atoms with Crippen LogP contribution in [0.15, 0.2) is 36.4 Å². The molecule has 0 bridgehead atoms. The SMILES string of the molecule is CC(/C=C\COCC1CCCCC1)c1ccc(C2CCCCC2)cc1. The van der Waals surface area contributed by atoms with E-state index in [9.17, 15) is 0 Å². The molecule has 0 spiro atoms. The van der Waals surface area contributed by atoms with Crippen LogP contribution in [0.2, 0.25) is 0 Å². The number of benzene rings is 1. The van der Waals surface area contributed by atoms with E-state index in [0.29, 0.717) is 5.92 Å². The van der Waals surface area contributed by atoms with E-state index in [1.807, 2.05) is 0 Å². The number of rotatable bonds is 7. The number of hydrogen-bond donors (Lipinski definition) is 0. The van der Waals surface area contributed by atoms with E-state index in [2.05, 4.69) is 43.3 Å². The molecule has 2 aliphatic rings. The van der Waals surface area contributed by atoms with Gasteiger partial charge in [0.1, 0.15) is 0 Å². The van der Waals surface area contributed by atoms with Crippen LogP contribution >= 0.6 is 0 Å². The summed E-state index contributed by atoms with van der Waals surface area (Å²) in [7, 11) is 0. The van der Waals surface area contributed by atoms with Gasteiger partial charge in [-0.15, -0.1) is 0 Å². The molecule has 138 valence electrons. The summed E-state index contributed by atoms with van der Waals surface area (Å²) in [6.07, 6.45) is 18.5. The molecule has 0 saturated heterocycles. The van der Waals surface area contributed by atoms with Gasteiger partial charge in [0.05, 0.1) is 6.61 Å². The molecule has 25 heavy (non-hydrogen) atoms. The first-order chi connectivity index (χ1) is 12.3. The fourth-order valence-electron chi connectivity index (χ4n) is 4.54. The topological polar surface area (TPSA) is 9.23 Å². The average molecular weight is 341 g/mol. The van der Waals surface area contributed by atoms with Crippen molar-refractivity contribution in [2.24, 2.45) is 5.92 Å². The van der Waals surface area contributed by atoms with Gasteiger partial charge in [-0.2, -0.15) is 0 Å². The summed E-state index contributed by atoms with van der Waals surface area (Å²) in [4.78, 5) is 0. The monoisotopic (exact) mass is 340 g/mol. The van der Waals surface area contributed by atoms with E-state index >= 15 is 0 Å². The Morgan fingerprint density at radius 3 is 2.24 bits per heavy atom. The first-order valence-electron chi connectivity index (χ1n) is 10.7. The second-order valence-corrected chi connectivity index (χ2v) is 8.26. The molecule has 0 N–H and O–H groups in total. The maximum Gasteiger partial charge on any atom is 0.0647 e. The van der Waals surface area contributed by atoms with Gasteiger partial charge in [0.15, 0.2) is 0 Å². The summed E-state index contributed by atoms with van der Waals surface area (Å²) >= 11 is 0. The molecule has 0 radical (unpaired) electrons. The average Bonchev–Trinajstić information content (AvgIpc) is 2.69. The van der Waals surface area contributed by atoms with Crippen LogP contribution in [0.4, 0.5) is 0 Å². The predicted molar refractivity (Wildman–Crippen MR) is 107 cm³/mol. The van der Waals surface area contributed by atoms with Crippen molar-refractivity contribution in [3.05, 3.63) is 47.5 Å². The second kappa shape index (κ2) is 10.2. The second-order valence-electron chi connectivity index (χ2n) is 8.26. The molecule has 2 saturated carbocycles. The highest BCUT2D eigenvalue weighted by Gasteiger charge is 2.15. The molecule has 0 amide bonds.